The summed E-state index contributed by atoms with van der Waals surface area (Å²) in [6.07, 6.45) is 6.86. The van der Waals surface area contributed by atoms with E-state index in [0.717, 1.165) is 25.9 Å². The number of aliphatic carboxylic acids is 1. The summed E-state index contributed by atoms with van der Waals surface area (Å²) >= 11 is 0. The first kappa shape index (κ1) is 11.9. The molecule has 92 valence electrons. The zero-order valence-corrected chi connectivity index (χ0v) is 9.82. The van der Waals surface area contributed by atoms with Gasteiger partial charge in [0.2, 0.25) is 0 Å². The van der Waals surface area contributed by atoms with Crippen molar-refractivity contribution in [2.75, 3.05) is 19.6 Å². The zero-order chi connectivity index (χ0) is 11.6. The van der Waals surface area contributed by atoms with Gasteiger partial charge in [-0.3, -0.25) is 4.79 Å². The Morgan fingerprint density at radius 2 is 1.81 bits per heavy atom. The highest BCUT2D eigenvalue weighted by Gasteiger charge is 2.49. The summed E-state index contributed by atoms with van der Waals surface area (Å²) in [5.41, 5.74) is 5.09. The quantitative estimate of drug-likeness (QED) is 0.752. The van der Waals surface area contributed by atoms with Crippen molar-refractivity contribution in [3.05, 3.63) is 0 Å². The maximum Gasteiger partial charge on any atom is 0.325 e. The van der Waals surface area contributed by atoms with E-state index < -0.39 is 11.5 Å². The summed E-state index contributed by atoms with van der Waals surface area (Å²) in [5.74, 6) is -0.618. The lowest BCUT2D eigenvalue weighted by Gasteiger charge is -2.31. The summed E-state index contributed by atoms with van der Waals surface area (Å²) < 4.78 is 0. The van der Waals surface area contributed by atoms with Crippen molar-refractivity contribution < 1.29 is 9.90 Å². The molecule has 1 heterocycles. The second kappa shape index (κ2) is 4.72. The van der Waals surface area contributed by atoms with E-state index >= 15 is 0 Å². The molecule has 0 aromatic rings. The van der Waals surface area contributed by atoms with E-state index in [1.807, 2.05) is 0 Å². The molecule has 1 atom stereocenters. The minimum atomic E-state index is -0.996. The average molecular weight is 226 g/mol. The van der Waals surface area contributed by atoms with E-state index in [4.69, 9.17) is 5.73 Å². The van der Waals surface area contributed by atoms with Crippen molar-refractivity contribution in [3.63, 3.8) is 0 Å². The van der Waals surface area contributed by atoms with Crippen LogP contribution in [0.15, 0.2) is 0 Å². The van der Waals surface area contributed by atoms with E-state index in [9.17, 15) is 9.90 Å². The SMILES string of the molecule is NC(CN1CCCCCC1)(C(=O)O)C1CC1. The van der Waals surface area contributed by atoms with Gasteiger partial charge in [0.15, 0.2) is 0 Å². The normalized spacial score (nSPS) is 27.1. The third-order valence-electron chi connectivity index (χ3n) is 3.89. The molecule has 2 fully saturated rings. The number of nitrogens with zero attached hydrogens (tertiary/aromatic N) is 1. The van der Waals surface area contributed by atoms with Crippen LogP contribution in [0, 0.1) is 5.92 Å². The first-order valence-corrected chi connectivity index (χ1v) is 6.37. The molecular formula is C12H22N2O2. The topological polar surface area (TPSA) is 66.6 Å². The molecular weight excluding hydrogens is 204 g/mol. The van der Waals surface area contributed by atoms with Crippen LogP contribution in [0.25, 0.3) is 0 Å². The molecule has 0 spiro atoms. The monoisotopic (exact) mass is 226 g/mol. The average Bonchev–Trinajstić information content (AvgIpc) is 3.05. The molecule has 1 unspecified atom stereocenters. The second-order valence-corrected chi connectivity index (χ2v) is 5.31. The molecule has 0 radical (unpaired) electrons. The largest absolute Gasteiger partial charge is 0.480 e. The fourth-order valence-corrected chi connectivity index (χ4v) is 2.63. The van der Waals surface area contributed by atoms with Crippen LogP contribution in [-0.2, 0) is 4.79 Å². The number of carboxylic acid groups (broad SMARTS) is 1. The Morgan fingerprint density at radius 1 is 1.25 bits per heavy atom. The van der Waals surface area contributed by atoms with Gasteiger partial charge in [-0.05, 0) is 44.7 Å². The van der Waals surface area contributed by atoms with Gasteiger partial charge in [-0.2, -0.15) is 0 Å². The predicted molar refractivity (Wildman–Crippen MR) is 62.2 cm³/mol. The highest BCUT2D eigenvalue weighted by atomic mass is 16.4. The van der Waals surface area contributed by atoms with Gasteiger partial charge < -0.3 is 15.7 Å². The summed E-state index contributed by atoms with van der Waals surface area (Å²) in [4.78, 5) is 13.6. The minimum absolute atomic E-state index is 0.202. The Hall–Kier alpha value is -0.610. The van der Waals surface area contributed by atoms with Crippen LogP contribution in [0.5, 0.6) is 0 Å². The van der Waals surface area contributed by atoms with Crippen LogP contribution >= 0.6 is 0 Å². The fourth-order valence-electron chi connectivity index (χ4n) is 2.63. The molecule has 2 rings (SSSR count). The molecule has 1 aliphatic heterocycles. The van der Waals surface area contributed by atoms with Gasteiger partial charge in [-0.1, -0.05) is 12.8 Å². The lowest BCUT2D eigenvalue weighted by atomic mass is 9.94. The summed E-state index contributed by atoms with van der Waals surface area (Å²) in [6, 6.07) is 0. The van der Waals surface area contributed by atoms with Crippen LogP contribution in [0.1, 0.15) is 38.5 Å². The van der Waals surface area contributed by atoms with Gasteiger partial charge in [0.05, 0.1) is 0 Å². The van der Waals surface area contributed by atoms with Crippen LogP contribution in [0.2, 0.25) is 0 Å². The van der Waals surface area contributed by atoms with E-state index in [1.165, 1.54) is 25.7 Å². The van der Waals surface area contributed by atoms with Crippen LogP contribution in [0.4, 0.5) is 0 Å². The number of nitrogens with two attached hydrogens (primary N) is 1. The van der Waals surface area contributed by atoms with Gasteiger partial charge in [0.1, 0.15) is 5.54 Å². The number of carbonyl (C=O) groups is 1. The molecule has 1 saturated heterocycles. The van der Waals surface area contributed by atoms with Crippen molar-refractivity contribution in [2.45, 2.75) is 44.1 Å². The van der Waals surface area contributed by atoms with Crippen molar-refractivity contribution >= 4 is 5.97 Å². The van der Waals surface area contributed by atoms with Gasteiger partial charge in [0.25, 0.3) is 0 Å². The summed E-state index contributed by atoms with van der Waals surface area (Å²) in [5, 5.41) is 9.29. The minimum Gasteiger partial charge on any atom is -0.480 e. The first-order chi connectivity index (χ1) is 7.63. The molecule has 1 saturated carbocycles. The van der Waals surface area contributed by atoms with Crippen LogP contribution in [-0.4, -0.2) is 41.1 Å². The van der Waals surface area contributed by atoms with Gasteiger partial charge >= 0.3 is 5.97 Å². The Morgan fingerprint density at radius 3 is 2.25 bits per heavy atom. The van der Waals surface area contributed by atoms with E-state index in [-0.39, 0.29) is 5.92 Å². The zero-order valence-electron chi connectivity index (χ0n) is 9.82. The summed E-state index contributed by atoms with van der Waals surface area (Å²) in [7, 11) is 0. The fraction of sp³-hybridized carbons (Fsp3) is 0.917. The van der Waals surface area contributed by atoms with E-state index in [1.54, 1.807) is 0 Å². The molecule has 0 bridgehead atoms. The highest BCUT2D eigenvalue weighted by Crippen LogP contribution is 2.39. The Bertz CT molecular complexity index is 258. The molecule has 4 nitrogen and oxygen atoms in total. The predicted octanol–water partition coefficient (Wildman–Crippen LogP) is 1.05. The molecule has 16 heavy (non-hydrogen) atoms. The molecule has 1 aliphatic carbocycles. The third kappa shape index (κ3) is 2.55. The van der Waals surface area contributed by atoms with Crippen molar-refractivity contribution in [1.82, 2.24) is 4.90 Å². The lowest BCUT2D eigenvalue weighted by Crippen LogP contribution is -2.58. The first-order valence-electron chi connectivity index (χ1n) is 6.37. The molecule has 0 aromatic heterocycles. The number of rotatable bonds is 4. The number of hydrogen-bond acceptors (Lipinski definition) is 3. The Labute approximate surface area is 96.8 Å². The van der Waals surface area contributed by atoms with Crippen LogP contribution < -0.4 is 5.73 Å². The van der Waals surface area contributed by atoms with E-state index in [0.29, 0.717) is 6.54 Å². The Kier molecular flexibility index (Phi) is 3.50. The molecule has 3 N–H and O–H groups in total. The smallest absolute Gasteiger partial charge is 0.325 e. The van der Waals surface area contributed by atoms with Crippen molar-refractivity contribution in [3.8, 4) is 0 Å². The standard InChI is InChI=1S/C12H22N2O2/c13-12(11(15)16,10-5-6-10)9-14-7-3-1-2-4-8-14/h10H,1-9,13H2,(H,15,16). The lowest BCUT2D eigenvalue weighted by molar-refractivity contribution is -0.145. The number of carboxylic acids is 1. The highest BCUT2D eigenvalue weighted by molar-refractivity contribution is 5.79. The van der Waals surface area contributed by atoms with Crippen molar-refractivity contribution in [1.29, 1.82) is 0 Å². The second-order valence-electron chi connectivity index (χ2n) is 5.31. The summed E-state index contributed by atoms with van der Waals surface area (Å²) in [6.45, 7) is 2.56. The van der Waals surface area contributed by atoms with Gasteiger partial charge in [0, 0.05) is 6.54 Å². The van der Waals surface area contributed by atoms with Crippen molar-refractivity contribution in [2.24, 2.45) is 11.7 Å². The number of likely N-dealkylation sites (tertiary alicyclic amines) is 1. The number of hydrogen-bond donors (Lipinski definition) is 2. The third-order valence-corrected chi connectivity index (χ3v) is 3.89. The van der Waals surface area contributed by atoms with Gasteiger partial charge in [-0.25, -0.2) is 0 Å². The van der Waals surface area contributed by atoms with Gasteiger partial charge in [-0.15, -0.1) is 0 Å². The molecule has 0 aromatic carbocycles. The molecule has 0 amide bonds. The molecule has 4 heteroatoms. The Balaban J connectivity index is 1.96. The van der Waals surface area contributed by atoms with E-state index in [2.05, 4.69) is 4.90 Å². The maximum atomic E-state index is 11.3. The maximum absolute atomic E-state index is 11.3. The van der Waals surface area contributed by atoms with Crippen LogP contribution in [0.3, 0.4) is 0 Å². The molecule has 2 aliphatic rings.